The van der Waals surface area contributed by atoms with Crippen molar-refractivity contribution in [3.05, 3.63) is 69.3 Å². The molecule has 2 aromatic rings. The number of nitrogens with zero attached hydrogens (tertiary/aromatic N) is 2. The van der Waals surface area contributed by atoms with Gasteiger partial charge in [-0.25, -0.2) is 0 Å². The monoisotopic (exact) mass is 315 g/mol. The van der Waals surface area contributed by atoms with E-state index in [1.807, 2.05) is 31.2 Å². The first-order valence-corrected chi connectivity index (χ1v) is 7.47. The molecule has 0 aromatic heterocycles. The first kappa shape index (κ1) is 14.4. The first-order valence-electron chi connectivity index (χ1n) is 6.59. The van der Waals surface area contributed by atoms with E-state index in [1.54, 1.807) is 0 Å². The quantitative estimate of drug-likeness (QED) is 0.670. The normalized spacial score (nSPS) is 17.0. The summed E-state index contributed by atoms with van der Waals surface area (Å²) in [4.78, 5) is 10.4. The van der Waals surface area contributed by atoms with Gasteiger partial charge in [0.15, 0.2) is 0 Å². The number of rotatable bonds is 3. The van der Waals surface area contributed by atoms with Gasteiger partial charge >= 0.3 is 0 Å². The fourth-order valence-electron chi connectivity index (χ4n) is 2.11. The Morgan fingerprint density at radius 1 is 1.27 bits per heavy atom. The van der Waals surface area contributed by atoms with Gasteiger partial charge in [-0.15, -0.1) is 0 Å². The van der Waals surface area contributed by atoms with Gasteiger partial charge in [0.1, 0.15) is 16.2 Å². The molecule has 0 radical (unpaired) electrons. The van der Waals surface area contributed by atoms with Crippen molar-refractivity contribution in [3.8, 4) is 5.75 Å². The van der Waals surface area contributed by atoms with Crippen LogP contribution in [0.4, 0.5) is 5.69 Å². The zero-order chi connectivity index (χ0) is 15.7. The molecular formula is C15H13N3O3S. The Labute approximate surface area is 131 Å². The summed E-state index contributed by atoms with van der Waals surface area (Å²) in [6, 6.07) is 11.9. The van der Waals surface area contributed by atoms with E-state index in [-0.39, 0.29) is 16.8 Å². The van der Waals surface area contributed by atoms with Crippen LogP contribution in [0.1, 0.15) is 22.1 Å². The van der Waals surface area contributed by atoms with Crippen molar-refractivity contribution in [1.82, 2.24) is 5.43 Å². The predicted molar refractivity (Wildman–Crippen MR) is 85.9 cm³/mol. The summed E-state index contributed by atoms with van der Waals surface area (Å²) >= 11 is 1.41. The van der Waals surface area contributed by atoms with Crippen molar-refractivity contribution >= 4 is 22.5 Å². The molecule has 0 spiro atoms. The number of aryl methyl sites for hydroxylation is 1. The molecule has 6 nitrogen and oxygen atoms in total. The Morgan fingerprint density at radius 2 is 2.00 bits per heavy atom. The van der Waals surface area contributed by atoms with E-state index in [4.69, 9.17) is 0 Å². The van der Waals surface area contributed by atoms with Gasteiger partial charge < -0.3 is 5.11 Å². The van der Waals surface area contributed by atoms with E-state index in [9.17, 15) is 15.2 Å². The highest BCUT2D eigenvalue weighted by Gasteiger charge is 2.26. The average Bonchev–Trinajstić information content (AvgIpc) is 2.98. The van der Waals surface area contributed by atoms with Crippen LogP contribution < -0.4 is 5.43 Å². The Balaban J connectivity index is 1.83. The average molecular weight is 315 g/mol. The second-order valence-electron chi connectivity index (χ2n) is 4.91. The minimum Gasteiger partial charge on any atom is -0.508 e. The molecule has 0 saturated heterocycles. The van der Waals surface area contributed by atoms with Crippen molar-refractivity contribution in [3.63, 3.8) is 0 Å². The summed E-state index contributed by atoms with van der Waals surface area (Å²) in [5, 5.41) is 25.5. The Kier molecular flexibility index (Phi) is 3.72. The molecule has 22 heavy (non-hydrogen) atoms. The Morgan fingerprint density at radius 3 is 2.68 bits per heavy atom. The molecule has 0 amide bonds. The van der Waals surface area contributed by atoms with Gasteiger partial charge in [-0.2, -0.15) is 5.10 Å². The molecule has 0 bridgehead atoms. The molecule has 0 aliphatic carbocycles. The number of phenols is 1. The van der Waals surface area contributed by atoms with Crippen LogP contribution in [0, 0.1) is 17.0 Å². The van der Waals surface area contributed by atoms with Crippen molar-refractivity contribution in [1.29, 1.82) is 0 Å². The molecule has 7 heteroatoms. The summed E-state index contributed by atoms with van der Waals surface area (Å²) < 4.78 is 0. The van der Waals surface area contributed by atoms with Crippen molar-refractivity contribution in [2.45, 2.75) is 12.3 Å². The molecule has 0 saturated carbocycles. The van der Waals surface area contributed by atoms with Crippen LogP contribution in [0.2, 0.25) is 0 Å². The fourth-order valence-corrected chi connectivity index (χ4v) is 3.13. The van der Waals surface area contributed by atoms with Crippen LogP contribution in [0.3, 0.4) is 0 Å². The van der Waals surface area contributed by atoms with Gasteiger partial charge in [-0.05, 0) is 13.0 Å². The number of nitro benzene ring substituents is 1. The molecule has 1 aliphatic rings. The number of thioether (sulfide) groups is 1. The number of phenolic OH excluding ortho intramolecular Hbond substituents is 1. The number of hydrogen-bond donors (Lipinski definition) is 2. The third-order valence-corrected chi connectivity index (χ3v) is 4.46. The number of hydrogen-bond acceptors (Lipinski definition) is 6. The molecular weight excluding hydrogens is 302 g/mol. The molecule has 0 fully saturated rings. The smallest absolute Gasteiger partial charge is 0.270 e. The molecule has 1 aliphatic heterocycles. The van der Waals surface area contributed by atoms with Gasteiger partial charge in [0.25, 0.3) is 5.69 Å². The number of aromatic hydroxyl groups is 1. The lowest BCUT2D eigenvalue weighted by Crippen LogP contribution is -2.07. The maximum Gasteiger partial charge on any atom is 0.270 e. The highest BCUT2D eigenvalue weighted by molar-refractivity contribution is 8.14. The van der Waals surface area contributed by atoms with E-state index < -0.39 is 4.92 Å². The summed E-state index contributed by atoms with van der Waals surface area (Å²) in [5.74, 6) is 0.0101. The lowest BCUT2D eigenvalue weighted by molar-refractivity contribution is -0.384. The zero-order valence-corrected chi connectivity index (χ0v) is 12.5. The van der Waals surface area contributed by atoms with Crippen molar-refractivity contribution in [2.24, 2.45) is 5.10 Å². The lowest BCUT2D eigenvalue weighted by atomic mass is 10.2. The standard InChI is InChI=1S/C15H13N3O3S/c1-9-2-4-10(5-3-9)14-16-17-15(22-14)12-8-11(18(20)21)6-7-13(12)19/h2-8,15,17,19H,1H3. The predicted octanol–water partition coefficient (Wildman–Crippen LogP) is 3.31. The van der Waals surface area contributed by atoms with Crippen LogP contribution in [-0.4, -0.2) is 15.1 Å². The van der Waals surface area contributed by atoms with Gasteiger partial charge in [-0.1, -0.05) is 41.6 Å². The van der Waals surface area contributed by atoms with E-state index >= 15 is 0 Å². The SMILES string of the molecule is Cc1ccc(C2=NNC(c3cc([N+](=O)[O-])ccc3O)S2)cc1. The molecule has 2 N–H and O–H groups in total. The van der Waals surface area contributed by atoms with Crippen LogP contribution in [0.15, 0.2) is 47.6 Å². The largest absolute Gasteiger partial charge is 0.508 e. The molecule has 112 valence electrons. The Bertz CT molecular complexity index is 759. The second-order valence-corrected chi connectivity index (χ2v) is 6.00. The summed E-state index contributed by atoms with van der Waals surface area (Å²) in [6.07, 6.45) is 0. The number of nitrogens with one attached hydrogen (secondary N) is 1. The summed E-state index contributed by atoms with van der Waals surface area (Å²) in [5.41, 5.74) is 5.43. The highest BCUT2D eigenvalue weighted by atomic mass is 32.2. The number of nitro groups is 1. The van der Waals surface area contributed by atoms with Crippen LogP contribution >= 0.6 is 11.8 Å². The Hall–Kier alpha value is -2.54. The number of benzene rings is 2. The molecule has 1 atom stereocenters. The van der Waals surface area contributed by atoms with Crippen LogP contribution in [0.5, 0.6) is 5.75 Å². The van der Waals surface area contributed by atoms with Crippen LogP contribution in [-0.2, 0) is 0 Å². The molecule has 3 rings (SSSR count). The van der Waals surface area contributed by atoms with Gasteiger partial charge in [0, 0.05) is 23.3 Å². The summed E-state index contributed by atoms with van der Waals surface area (Å²) in [7, 11) is 0. The van der Waals surface area contributed by atoms with E-state index in [0.717, 1.165) is 16.2 Å². The minimum absolute atomic E-state index is 0.0101. The van der Waals surface area contributed by atoms with Crippen molar-refractivity contribution in [2.75, 3.05) is 0 Å². The topological polar surface area (TPSA) is 87.8 Å². The van der Waals surface area contributed by atoms with E-state index in [1.165, 1.54) is 30.0 Å². The third kappa shape index (κ3) is 2.75. The van der Waals surface area contributed by atoms with Crippen LogP contribution in [0.25, 0.3) is 0 Å². The molecule has 1 heterocycles. The molecule has 1 unspecified atom stereocenters. The van der Waals surface area contributed by atoms with Gasteiger partial charge in [-0.3, -0.25) is 15.5 Å². The number of non-ortho nitro benzene ring substituents is 1. The fraction of sp³-hybridized carbons (Fsp3) is 0.133. The highest BCUT2D eigenvalue weighted by Crippen LogP contribution is 2.39. The first-order chi connectivity index (χ1) is 10.5. The third-order valence-electron chi connectivity index (χ3n) is 3.32. The van der Waals surface area contributed by atoms with Gasteiger partial charge in [0.2, 0.25) is 0 Å². The maximum absolute atomic E-state index is 10.9. The second kappa shape index (κ2) is 5.69. The molecule has 2 aromatic carbocycles. The maximum atomic E-state index is 10.9. The minimum atomic E-state index is -0.482. The lowest BCUT2D eigenvalue weighted by Gasteiger charge is -2.11. The van der Waals surface area contributed by atoms with E-state index in [2.05, 4.69) is 10.5 Å². The number of hydrazone groups is 1. The van der Waals surface area contributed by atoms with E-state index in [0.29, 0.717) is 5.56 Å². The zero-order valence-electron chi connectivity index (χ0n) is 11.7. The summed E-state index contributed by atoms with van der Waals surface area (Å²) in [6.45, 7) is 2.01. The van der Waals surface area contributed by atoms with Crippen molar-refractivity contribution < 1.29 is 10.0 Å². The van der Waals surface area contributed by atoms with Gasteiger partial charge in [0.05, 0.1) is 4.92 Å².